The number of aryl methyl sites for hydroxylation is 1. The molecule has 2 aromatic heterocycles. The number of benzene rings is 1. The maximum atomic E-state index is 14.3. The van der Waals surface area contributed by atoms with Crippen LogP contribution in [0.15, 0.2) is 52.3 Å². The van der Waals surface area contributed by atoms with Crippen LogP contribution in [0.2, 0.25) is 0 Å². The van der Waals surface area contributed by atoms with Crippen molar-refractivity contribution >= 4 is 45.9 Å². The number of para-hydroxylation sites is 1. The van der Waals surface area contributed by atoms with Gasteiger partial charge in [0.15, 0.2) is 11.6 Å². The van der Waals surface area contributed by atoms with E-state index in [0.29, 0.717) is 21.4 Å². The van der Waals surface area contributed by atoms with Gasteiger partial charge in [-0.15, -0.1) is 0 Å². The van der Waals surface area contributed by atoms with Crippen molar-refractivity contribution in [1.82, 2.24) is 14.3 Å². The summed E-state index contributed by atoms with van der Waals surface area (Å²) in [6.07, 6.45) is 7.12. The van der Waals surface area contributed by atoms with Crippen LogP contribution in [0.5, 0.6) is 11.6 Å². The molecule has 0 atom stereocenters. The smallest absolute Gasteiger partial charge is 0.269 e. The van der Waals surface area contributed by atoms with Crippen LogP contribution in [0, 0.1) is 12.7 Å². The van der Waals surface area contributed by atoms with Crippen LogP contribution in [0.3, 0.4) is 0 Å². The Bertz CT molecular complexity index is 1350. The van der Waals surface area contributed by atoms with Gasteiger partial charge in [-0.2, -0.15) is 4.98 Å². The maximum Gasteiger partial charge on any atom is 0.269 e. The molecule has 0 unspecified atom stereocenters. The van der Waals surface area contributed by atoms with Crippen LogP contribution in [-0.2, 0) is 4.79 Å². The quantitative estimate of drug-likeness (QED) is 0.225. The van der Waals surface area contributed by atoms with Crippen molar-refractivity contribution in [3.8, 4) is 11.6 Å². The molecule has 6 nitrogen and oxygen atoms in total. The van der Waals surface area contributed by atoms with Gasteiger partial charge in [0.25, 0.3) is 11.5 Å². The highest BCUT2D eigenvalue weighted by atomic mass is 32.2. The van der Waals surface area contributed by atoms with Crippen molar-refractivity contribution in [3.05, 3.63) is 74.8 Å². The van der Waals surface area contributed by atoms with Crippen molar-refractivity contribution in [2.45, 2.75) is 39.5 Å². The summed E-state index contributed by atoms with van der Waals surface area (Å²) in [6.45, 7) is 4.48. The minimum atomic E-state index is -0.585. The highest BCUT2D eigenvalue weighted by molar-refractivity contribution is 8.26. The van der Waals surface area contributed by atoms with Crippen molar-refractivity contribution in [2.24, 2.45) is 0 Å². The molecule has 1 aliphatic rings. The molecule has 3 aromatic rings. The number of hydrogen-bond acceptors (Lipinski definition) is 6. The molecule has 9 heteroatoms. The minimum absolute atomic E-state index is 0.0536. The van der Waals surface area contributed by atoms with E-state index in [1.807, 2.05) is 13.0 Å². The third kappa shape index (κ3) is 4.90. The van der Waals surface area contributed by atoms with Gasteiger partial charge < -0.3 is 4.74 Å². The first kappa shape index (κ1) is 24.1. The number of aromatic nitrogens is 2. The zero-order chi connectivity index (χ0) is 24.2. The summed E-state index contributed by atoms with van der Waals surface area (Å²) < 4.78 is 21.9. The van der Waals surface area contributed by atoms with E-state index < -0.39 is 11.4 Å². The number of pyridine rings is 1. The number of carbonyl (C=O) groups is 1. The van der Waals surface area contributed by atoms with Gasteiger partial charge in [-0.3, -0.25) is 18.9 Å². The summed E-state index contributed by atoms with van der Waals surface area (Å²) in [4.78, 5) is 32.9. The number of fused-ring (bicyclic) bond motifs is 1. The Balaban J connectivity index is 1.77. The SMILES string of the molecule is CCCCCCN1C(=O)/C(=C\c2c(Oc3ccccc3F)nc3c(C)cccn3c2=O)SC1=S. The second kappa shape index (κ2) is 10.5. The third-order valence-electron chi connectivity index (χ3n) is 5.48. The monoisotopic (exact) mass is 497 g/mol. The number of halogens is 1. The first-order chi connectivity index (χ1) is 16.4. The van der Waals surface area contributed by atoms with Gasteiger partial charge in [-0.1, -0.05) is 68.4 Å². The lowest BCUT2D eigenvalue weighted by molar-refractivity contribution is -0.122. The molecular formula is C25H24FN3O3S2. The van der Waals surface area contributed by atoms with E-state index in [9.17, 15) is 14.0 Å². The number of amides is 1. The Morgan fingerprint density at radius 1 is 1.15 bits per heavy atom. The average Bonchev–Trinajstić information content (AvgIpc) is 3.08. The second-order valence-corrected chi connectivity index (χ2v) is 9.62. The molecule has 0 N–H and O–H groups in total. The molecule has 1 fully saturated rings. The van der Waals surface area contributed by atoms with Crippen molar-refractivity contribution in [3.63, 3.8) is 0 Å². The molecule has 1 aliphatic heterocycles. The van der Waals surface area contributed by atoms with Crippen molar-refractivity contribution < 1.29 is 13.9 Å². The summed E-state index contributed by atoms with van der Waals surface area (Å²) in [5.74, 6) is -0.973. The van der Waals surface area contributed by atoms with E-state index >= 15 is 0 Å². The van der Waals surface area contributed by atoms with Gasteiger partial charge in [-0.25, -0.2) is 4.39 Å². The molecule has 4 rings (SSSR count). The van der Waals surface area contributed by atoms with E-state index in [1.54, 1.807) is 29.3 Å². The summed E-state index contributed by atoms with van der Waals surface area (Å²) in [5.41, 5.74) is 0.772. The van der Waals surface area contributed by atoms with Crippen LogP contribution in [0.25, 0.3) is 11.7 Å². The van der Waals surface area contributed by atoms with Gasteiger partial charge in [0.05, 0.1) is 4.91 Å². The minimum Gasteiger partial charge on any atom is -0.435 e. The fourth-order valence-corrected chi connectivity index (χ4v) is 4.94. The summed E-state index contributed by atoms with van der Waals surface area (Å²) in [5, 5.41) is 0. The number of carbonyl (C=O) groups excluding carboxylic acids is 1. The molecule has 0 spiro atoms. The summed E-state index contributed by atoms with van der Waals surface area (Å²) in [7, 11) is 0. The maximum absolute atomic E-state index is 14.3. The number of unbranched alkanes of at least 4 members (excludes halogenated alkanes) is 3. The van der Waals surface area contributed by atoms with Crippen molar-refractivity contribution in [1.29, 1.82) is 0 Å². The molecule has 1 saturated heterocycles. The third-order valence-corrected chi connectivity index (χ3v) is 6.85. The highest BCUT2D eigenvalue weighted by Gasteiger charge is 2.32. The van der Waals surface area contributed by atoms with E-state index in [1.165, 1.54) is 22.6 Å². The number of thioether (sulfide) groups is 1. The molecule has 0 radical (unpaired) electrons. The number of ether oxygens (including phenoxy) is 1. The summed E-state index contributed by atoms with van der Waals surface area (Å²) in [6, 6.07) is 9.44. The molecule has 0 saturated carbocycles. The van der Waals surface area contributed by atoms with E-state index in [2.05, 4.69) is 11.9 Å². The van der Waals surface area contributed by atoms with Crippen molar-refractivity contribution in [2.75, 3.05) is 6.54 Å². The lowest BCUT2D eigenvalue weighted by atomic mass is 10.2. The Morgan fingerprint density at radius 3 is 2.71 bits per heavy atom. The number of nitrogens with zero attached hydrogens (tertiary/aromatic N) is 3. The molecule has 34 heavy (non-hydrogen) atoms. The molecule has 1 amide bonds. The zero-order valence-corrected chi connectivity index (χ0v) is 20.5. The van der Waals surface area contributed by atoms with Gasteiger partial charge in [0.2, 0.25) is 5.88 Å². The van der Waals surface area contributed by atoms with Gasteiger partial charge in [-0.05, 0) is 43.2 Å². The van der Waals surface area contributed by atoms with Gasteiger partial charge in [0.1, 0.15) is 15.5 Å². The Labute approximate surface area is 206 Å². The Kier molecular flexibility index (Phi) is 7.43. The summed E-state index contributed by atoms with van der Waals surface area (Å²) >= 11 is 6.56. The molecule has 3 heterocycles. The largest absolute Gasteiger partial charge is 0.435 e. The van der Waals surface area contributed by atoms with E-state index in [-0.39, 0.29) is 23.1 Å². The van der Waals surface area contributed by atoms with E-state index in [0.717, 1.165) is 43.0 Å². The molecule has 1 aromatic carbocycles. The highest BCUT2D eigenvalue weighted by Crippen LogP contribution is 2.34. The first-order valence-electron chi connectivity index (χ1n) is 11.1. The molecule has 0 aliphatic carbocycles. The average molecular weight is 498 g/mol. The lowest BCUT2D eigenvalue weighted by Crippen LogP contribution is -2.29. The number of thiocarbonyl (C=S) groups is 1. The lowest BCUT2D eigenvalue weighted by Gasteiger charge is -2.14. The Hall–Kier alpha value is -3.04. The van der Waals surface area contributed by atoms with Crippen LogP contribution < -0.4 is 10.3 Å². The van der Waals surface area contributed by atoms with E-state index in [4.69, 9.17) is 17.0 Å². The molecular weight excluding hydrogens is 473 g/mol. The number of hydrogen-bond donors (Lipinski definition) is 0. The first-order valence-corrected chi connectivity index (χ1v) is 12.3. The normalized spacial score (nSPS) is 15.0. The predicted octanol–water partition coefficient (Wildman–Crippen LogP) is 5.72. The van der Waals surface area contributed by atoms with Crippen LogP contribution in [0.1, 0.15) is 43.7 Å². The molecule has 176 valence electrons. The van der Waals surface area contributed by atoms with Crippen LogP contribution in [0.4, 0.5) is 4.39 Å². The fourth-order valence-electron chi connectivity index (χ4n) is 3.65. The Morgan fingerprint density at radius 2 is 1.94 bits per heavy atom. The topological polar surface area (TPSA) is 63.9 Å². The predicted molar refractivity (Wildman–Crippen MR) is 137 cm³/mol. The standard InChI is InChI=1S/C25H24FN3O3S2/c1-3-4-5-8-13-29-24(31)20(34-25(29)33)15-17-22(32-19-12-7-6-11-18(19)26)27-21-16(2)10-9-14-28(21)23(17)30/h6-7,9-12,14-15H,3-5,8,13H2,1-2H3/b20-15+. The van der Waals surface area contributed by atoms with Crippen LogP contribution in [-0.4, -0.2) is 31.1 Å². The fraction of sp³-hybridized carbons (Fsp3) is 0.280. The molecule has 0 bridgehead atoms. The number of rotatable bonds is 8. The van der Waals surface area contributed by atoms with Crippen LogP contribution >= 0.6 is 24.0 Å². The van der Waals surface area contributed by atoms with Gasteiger partial charge in [0, 0.05) is 12.7 Å². The zero-order valence-electron chi connectivity index (χ0n) is 18.9. The van der Waals surface area contributed by atoms with Gasteiger partial charge >= 0.3 is 0 Å². The second-order valence-electron chi connectivity index (χ2n) is 7.95.